The Kier molecular flexibility index (Phi) is 6.54. The van der Waals surface area contributed by atoms with Crippen LogP contribution in [0.4, 0.5) is 0 Å². The van der Waals surface area contributed by atoms with Crippen molar-refractivity contribution in [1.29, 1.82) is 5.26 Å². The molecule has 0 heterocycles. The summed E-state index contributed by atoms with van der Waals surface area (Å²) in [6.45, 7) is 4.24. The zero-order valence-electron chi connectivity index (χ0n) is 13.2. The number of carbonyl (C=O) groups excluding carboxylic acids is 2. The van der Waals surface area contributed by atoms with Crippen molar-refractivity contribution in [2.45, 2.75) is 32.9 Å². The minimum atomic E-state index is -0.723. The highest BCUT2D eigenvalue weighted by Gasteiger charge is 2.25. The van der Waals surface area contributed by atoms with Crippen LogP contribution in [-0.2, 0) is 11.3 Å². The molecule has 3 N–H and O–H groups in total. The predicted octanol–water partition coefficient (Wildman–Crippen LogP) is 1.23. The molecule has 6 heteroatoms. The third-order valence-corrected chi connectivity index (χ3v) is 3.22. The molecule has 0 aliphatic heterocycles. The number of hydrogen-bond donors (Lipinski definition) is 2. The topological polar surface area (TPSA) is 99.2 Å². The van der Waals surface area contributed by atoms with Crippen LogP contribution >= 0.6 is 0 Å². The van der Waals surface area contributed by atoms with Gasteiger partial charge in [-0.3, -0.25) is 14.5 Å². The third kappa shape index (κ3) is 4.86. The zero-order valence-corrected chi connectivity index (χ0v) is 13.2. The van der Waals surface area contributed by atoms with E-state index in [2.05, 4.69) is 5.32 Å². The normalized spacial score (nSPS) is 11.6. The number of nitrogens with one attached hydrogen (secondary N) is 1. The molecule has 0 aliphatic rings. The molecular formula is C16H22N4O2. The van der Waals surface area contributed by atoms with Gasteiger partial charge in [-0.15, -0.1) is 0 Å². The molecule has 0 bridgehead atoms. The van der Waals surface area contributed by atoms with E-state index < -0.39 is 11.9 Å². The maximum absolute atomic E-state index is 12.3. The van der Waals surface area contributed by atoms with Crippen LogP contribution in [0.3, 0.4) is 0 Å². The van der Waals surface area contributed by atoms with Gasteiger partial charge in [0.15, 0.2) is 6.19 Å². The Morgan fingerprint density at radius 3 is 2.64 bits per heavy atom. The van der Waals surface area contributed by atoms with Crippen LogP contribution in [0.25, 0.3) is 0 Å². The molecule has 0 fully saturated rings. The van der Waals surface area contributed by atoms with Gasteiger partial charge < -0.3 is 11.1 Å². The fourth-order valence-corrected chi connectivity index (χ4v) is 2.06. The number of amides is 2. The van der Waals surface area contributed by atoms with Crippen LogP contribution in [0.15, 0.2) is 24.3 Å². The van der Waals surface area contributed by atoms with Gasteiger partial charge >= 0.3 is 0 Å². The van der Waals surface area contributed by atoms with Gasteiger partial charge in [-0.05, 0) is 30.0 Å². The molecule has 1 aromatic carbocycles. The first-order valence-corrected chi connectivity index (χ1v) is 7.16. The molecule has 0 aromatic heterocycles. The molecular weight excluding hydrogens is 280 g/mol. The first-order chi connectivity index (χ1) is 10.4. The van der Waals surface area contributed by atoms with Gasteiger partial charge in [0.05, 0.1) is 0 Å². The fourth-order valence-electron chi connectivity index (χ4n) is 2.06. The number of benzene rings is 1. The van der Waals surface area contributed by atoms with Crippen molar-refractivity contribution in [3.63, 3.8) is 0 Å². The van der Waals surface area contributed by atoms with E-state index in [1.807, 2.05) is 19.9 Å². The van der Waals surface area contributed by atoms with E-state index in [-0.39, 0.29) is 11.8 Å². The predicted molar refractivity (Wildman–Crippen MR) is 83.4 cm³/mol. The van der Waals surface area contributed by atoms with Crippen molar-refractivity contribution in [3.8, 4) is 6.19 Å². The van der Waals surface area contributed by atoms with E-state index in [0.717, 1.165) is 10.5 Å². The summed E-state index contributed by atoms with van der Waals surface area (Å²) in [6.07, 6.45) is 2.23. The van der Waals surface area contributed by atoms with Crippen molar-refractivity contribution in [1.82, 2.24) is 10.2 Å². The summed E-state index contributed by atoms with van der Waals surface area (Å²) in [5, 5.41) is 11.5. The number of rotatable bonds is 6. The molecule has 22 heavy (non-hydrogen) atoms. The molecule has 1 rings (SSSR count). The smallest absolute Gasteiger partial charge is 0.257 e. The fraction of sp³-hybridized carbons (Fsp3) is 0.438. The molecule has 2 amide bonds. The van der Waals surface area contributed by atoms with Crippen LogP contribution in [0.5, 0.6) is 0 Å². The highest BCUT2D eigenvalue weighted by molar-refractivity contribution is 5.97. The number of likely N-dealkylation sites (N-methyl/N-ethyl adjacent to an activating group) is 1. The van der Waals surface area contributed by atoms with Gasteiger partial charge in [-0.2, -0.15) is 5.26 Å². The first-order valence-electron chi connectivity index (χ1n) is 7.16. The van der Waals surface area contributed by atoms with Crippen LogP contribution < -0.4 is 11.1 Å². The number of hydrogen-bond acceptors (Lipinski definition) is 4. The van der Waals surface area contributed by atoms with Crippen LogP contribution in [0.2, 0.25) is 0 Å². The monoisotopic (exact) mass is 302 g/mol. The maximum atomic E-state index is 12.3. The van der Waals surface area contributed by atoms with Gasteiger partial charge in [-0.25, -0.2) is 0 Å². The molecule has 6 nitrogen and oxygen atoms in total. The summed E-state index contributed by atoms with van der Waals surface area (Å²) in [5.74, 6) is -0.558. The van der Waals surface area contributed by atoms with E-state index in [1.54, 1.807) is 24.4 Å². The Balaban J connectivity index is 2.90. The van der Waals surface area contributed by atoms with Crippen molar-refractivity contribution in [2.24, 2.45) is 11.7 Å². The second-order valence-corrected chi connectivity index (χ2v) is 5.56. The molecule has 1 atom stereocenters. The summed E-state index contributed by atoms with van der Waals surface area (Å²) < 4.78 is 0. The molecule has 1 aromatic rings. The Bertz CT molecular complexity index is 578. The van der Waals surface area contributed by atoms with Gasteiger partial charge in [-0.1, -0.05) is 26.0 Å². The lowest BCUT2D eigenvalue weighted by molar-refractivity contribution is -0.129. The molecule has 0 radical (unpaired) electrons. The van der Waals surface area contributed by atoms with Crippen molar-refractivity contribution < 1.29 is 9.59 Å². The largest absolute Gasteiger partial charge is 0.340 e. The lowest BCUT2D eigenvalue weighted by Crippen LogP contribution is -2.46. The van der Waals surface area contributed by atoms with E-state index in [1.165, 1.54) is 7.05 Å². The molecule has 0 saturated heterocycles. The van der Waals surface area contributed by atoms with E-state index in [4.69, 9.17) is 11.0 Å². The number of nitriles is 1. The summed E-state index contributed by atoms with van der Waals surface area (Å²) in [4.78, 5) is 25.4. The van der Waals surface area contributed by atoms with E-state index in [0.29, 0.717) is 18.5 Å². The average Bonchev–Trinajstić information content (AvgIpc) is 2.52. The summed E-state index contributed by atoms with van der Waals surface area (Å²) in [5.41, 5.74) is 6.85. The molecule has 0 spiro atoms. The lowest BCUT2D eigenvalue weighted by Gasteiger charge is -2.21. The highest BCUT2D eigenvalue weighted by Crippen LogP contribution is 2.10. The average molecular weight is 302 g/mol. The first kappa shape index (κ1) is 17.7. The van der Waals surface area contributed by atoms with Crippen molar-refractivity contribution in [3.05, 3.63) is 35.4 Å². The number of carbonyl (C=O) groups is 2. The van der Waals surface area contributed by atoms with Crippen molar-refractivity contribution in [2.75, 3.05) is 7.05 Å². The lowest BCUT2D eigenvalue weighted by atomic mass is 10.0. The van der Waals surface area contributed by atoms with Gasteiger partial charge in [0.1, 0.15) is 6.04 Å². The van der Waals surface area contributed by atoms with E-state index in [9.17, 15) is 9.59 Å². The second kappa shape index (κ2) is 8.15. The van der Waals surface area contributed by atoms with Crippen LogP contribution in [0.1, 0.15) is 36.2 Å². The standard InChI is InChI=1S/C16H22N4O2/c1-11(2)7-14(16(22)20(3)10-18)19-15(21)13-6-4-5-12(8-13)9-17/h4-6,8,11,14H,7,9,17H2,1-3H3,(H,19,21)/t14-/m0/s1. The number of nitrogens with two attached hydrogens (primary N) is 1. The third-order valence-electron chi connectivity index (χ3n) is 3.22. The summed E-state index contributed by atoms with van der Waals surface area (Å²) in [6, 6.07) is 6.22. The Morgan fingerprint density at radius 2 is 2.09 bits per heavy atom. The minimum absolute atomic E-state index is 0.205. The molecule has 118 valence electrons. The Morgan fingerprint density at radius 1 is 1.41 bits per heavy atom. The number of nitrogens with zero attached hydrogens (tertiary/aromatic N) is 2. The Hall–Kier alpha value is -2.39. The minimum Gasteiger partial charge on any atom is -0.340 e. The summed E-state index contributed by atoms with van der Waals surface area (Å²) in [7, 11) is 1.39. The van der Waals surface area contributed by atoms with Gasteiger partial charge in [0.25, 0.3) is 11.8 Å². The molecule has 0 unspecified atom stereocenters. The van der Waals surface area contributed by atoms with Gasteiger partial charge in [0, 0.05) is 19.2 Å². The highest BCUT2D eigenvalue weighted by atomic mass is 16.2. The SMILES string of the molecule is CC(C)C[C@H](NC(=O)c1cccc(CN)c1)C(=O)N(C)C#N. The van der Waals surface area contributed by atoms with Crippen LogP contribution in [0, 0.1) is 17.4 Å². The molecule has 0 aliphatic carbocycles. The summed E-state index contributed by atoms with van der Waals surface area (Å²) >= 11 is 0. The second-order valence-electron chi connectivity index (χ2n) is 5.56. The van der Waals surface area contributed by atoms with Crippen molar-refractivity contribution >= 4 is 11.8 Å². The quantitative estimate of drug-likeness (QED) is 0.610. The molecule has 0 saturated carbocycles. The zero-order chi connectivity index (χ0) is 16.7. The maximum Gasteiger partial charge on any atom is 0.257 e. The van der Waals surface area contributed by atoms with Gasteiger partial charge in [0.2, 0.25) is 0 Å². The van der Waals surface area contributed by atoms with E-state index >= 15 is 0 Å². The Labute approximate surface area is 130 Å². The van der Waals surface area contributed by atoms with Crippen LogP contribution in [-0.4, -0.2) is 29.8 Å².